The summed E-state index contributed by atoms with van der Waals surface area (Å²) in [7, 11) is 0. The third-order valence-corrected chi connectivity index (χ3v) is 2.81. The molecule has 15 heavy (non-hydrogen) atoms. The minimum Gasteiger partial charge on any atom is -0.335 e. The number of aromatic amines is 1. The van der Waals surface area contributed by atoms with E-state index in [0.29, 0.717) is 9.79 Å². The van der Waals surface area contributed by atoms with Gasteiger partial charge in [-0.15, -0.1) is 0 Å². The van der Waals surface area contributed by atoms with Crippen molar-refractivity contribution in [3.8, 4) is 5.69 Å². The van der Waals surface area contributed by atoms with E-state index in [-0.39, 0.29) is 0 Å². The summed E-state index contributed by atoms with van der Waals surface area (Å²) >= 11 is 11.4. The second-order valence-corrected chi connectivity index (χ2v) is 4.36. The number of imidazole rings is 1. The molecule has 0 radical (unpaired) electrons. The lowest BCUT2D eigenvalue weighted by atomic mass is 10.2. The van der Waals surface area contributed by atoms with Gasteiger partial charge in [-0.1, -0.05) is 17.7 Å². The molecule has 2 aromatic rings. The van der Waals surface area contributed by atoms with Crippen molar-refractivity contribution in [1.82, 2.24) is 9.55 Å². The summed E-state index contributed by atoms with van der Waals surface area (Å²) < 4.78 is 2.55. The van der Waals surface area contributed by atoms with Crippen LogP contribution in [0, 0.1) is 18.6 Å². The van der Waals surface area contributed by atoms with E-state index >= 15 is 0 Å². The van der Waals surface area contributed by atoms with Crippen LogP contribution in [0.15, 0.2) is 24.4 Å². The molecule has 0 amide bonds. The second-order valence-electron chi connectivity index (χ2n) is 3.57. The first-order valence-electron chi connectivity index (χ1n) is 4.63. The molecule has 1 N–H and O–H groups in total. The molecular formula is C11H11ClN2S. The molecule has 0 saturated carbocycles. The minimum absolute atomic E-state index is 0.665. The van der Waals surface area contributed by atoms with Crippen molar-refractivity contribution < 1.29 is 0 Å². The fraction of sp³-hybridized carbons (Fsp3) is 0.182. The molecule has 0 aliphatic heterocycles. The molecule has 4 heteroatoms. The number of hydrogen-bond donors (Lipinski definition) is 1. The van der Waals surface area contributed by atoms with Gasteiger partial charge in [-0.3, -0.25) is 4.57 Å². The monoisotopic (exact) mass is 238 g/mol. The fourth-order valence-corrected chi connectivity index (χ4v) is 2.14. The Balaban J connectivity index is 2.64. The summed E-state index contributed by atoms with van der Waals surface area (Å²) in [5.74, 6) is 0. The molecule has 0 fully saturated rings. The van der Waals surface area contributed by atoms with Crippen molar-refractivity contribution >= 4 is 23.8 Å². The molecule has 0 bridgehead atoms. The van der Waals surface area contributed by atoms with Gasteiger partial charge in [0.1, 0.15) is 0 Å². The van der Waals surface area contributed by atoms with Gasteiger partial charge < -0.3 is 4.98 Å². The number of nitrogens with zero attached hydrogens (tertiary/aromatic N) is 1. The molecule has 0 aliphatic rings. The van der Waals surface area contributed by atoms with Gasteiger partial charge >= 0.3 is 0 Å². The zero-order valence-electron chi connectivity index (χ0n) is 8.54. The minimum atomic E-state index is 0.665. The SMILES string of the molecule is Cc1ccc(-n2cc(C)[nH]c2=S)c(Cl)c1. The second kappa shape index (κ2) is 3.83. The van der Waals surface area contributed by atoms with Crippen LogP contribution >= 0.6 is 23.8 Å². The van der Waals surface area contributed by atoms with Gasteiger partial charge in [0.2, 0.25) is 0 Å². The molecule has 0 spiro atoms. The van der Waals surface area contributed by atoms with E-state index in [0.717, 1.165) is 16.9 Å². The summed E-state index contributed by atoms with van der Waals surface area (Å²) in [6, 6.07) is 5.92. The molecule has 1 heterocycles. The van der Waals surface area contributed by atoms with Crippen LogP contribution in [0.2, 0.25) is 5.02 Å². The predicted octanol–water partition coefficient (Wildman–Crippen LogP) is 3.81. The van der Waals surface area contributed by atoms with Crippen molar-refractivity contribution in [3.05, 3.63) is 45.4 Å². The van der Waals surface area contributed by atoms with Crippen molar-refractivity contribution in [2.45, 2.75) is 13.8 Å². The fourth-order valence-electron chi connectivity index (χ4n) is 1.50. The average Bonchev–Trinajstić information content (AvgIpc) is 2.45. The molecule has 78 valence electrons. The van der Waals surface area contributed by atoms with Gasteiger partial charge in [0.15, 0.2) is 4.77 Å². The Bertz CT molecular complexity index is 554. The molecule has 1 aromatic heterocycles. The predicted molar refractivity (Wildman–Crippen MR) is 65.4 cm³/mol. The van der Waals surface area contributed by atoms with E-state index in [2.05, 4.69) is 4.98 Å². The van der Waals surface area contributed by atoms with Crippen LogP contribution in [-0.2, 0) is 0 Å². The highest BCUT2D eigenvalue weighted by Crippen LogP contribution is 2.22. The Kier molecular flexibility index (Phi) is 2.67. The van der Waals surface area contributed by atoms with Gasteiger partial charge in [0.05, 0.1) is 10.7 Å². The first-order valence-corrected chi connectivity index (χ1v) is 5.41. The van der Waals surface area contributed by atoms with Crippen LogP contribution in [0.5, 0.6) is 0 Å². The maximum atomic E-state index is 6.16. The van der Waals surface area contributed by atoms with E-state index in [4.69, 9.17) is 23.8 Å². The molecule has 0 unspecified atom stereocenters. The molecule has 0 saturated heterocycles. The maximum Gasteiger partial charge on any atom is 0.182 e. The van der Waals surface area contributed by atoms with Gasteiger partial charge in [-0.2, -0.15) is 0 Å². The van der Waals surface area contributed by atoms with Crippen molar-refractivity contribution in [2.24, 2.45) is 0 Å². The number of hydrogen-bond acceptors (Lipinski definition) is 1. The van der Waals surface area contributed by atoms with Crippen LogP contribution in [0.4, 0.5) is 0 Å². The third-order valence-electron chi connectivity index (χ3n) is 2.21. The number of aromatic nitrogens is 2. The Morgan fingerprint density at radius 2 is 2.07 bits per heavy atom. The number of halogens is 1. The van der Waals surface area contributed by atoms with Crippen LogP contribution in [0.3, 0.4) is 0 Å². The first kappa shape index (κ1) is 10.5. The lowest BCUT2D eigenvalue weighted by Crippen LogP contribution is -1.93. The molecular weight excluding hydrogens is 228 g/mol. The smallest absolute Gasteiger partial charge is 0.182 e. The lowest BCUT2D eigenvalue weighted by molar-refractivity contribution is 1.03. The number of nitrogens with one attached hydrogen (secondary N) is 1. The van der Waals surface area contributed by atoms with Gasteiger partial charge in [-0.25, -0.2) is 0 Å². The van der Waals surface area contributed by atoms with Crippen LogP contribution in [0.25, 0.3) is 5.69 Å². The van der Waals surface area contributed by atoms with E-state index < -0.39 is 0 Å². The number of benzene rings is 1. The Hall–Kier alpha value is -1.06. The summed E-state index contributed by atoms with van der Waals surface area (Å²) in [5.41, 5.74) is 3.08. The lowest BCUT2D eigenvalue weighted by Gasteiger charge is -2.05. The van der Waals surface area contributed by atoms with Crippen molar-refractivity contribution in [3.63, 3.8) is 0 Å². The molecule has 1 aromatic carbocycles. The van der Waals surface area contributed by atoms with Gasteiger partial charge in [0, 0.05) is 11.9 Å². The number of aryl methyl sites for hydroxylation is 2. The Labute approximate surface area is 98.5 Å². The molecule has 2 nitrogen and oxygen atoms in total. The third kappa shape index (κ3) is 1.98. The van der Waals surface area contributed by atoms with Crippen LogP contribution in [0.1, 0.15) is 11.3 Å². The van der Waals surface area contributed by atoms with Crippen LogP contribution < -0.4 is 0 Å². The average molecular weight is 239 g/mol. The maximum absolute atomic E-state index is 6.16. The molecule has 0 aliphatic carbocycles. The highest BCUT2D eigenvalue weighted by molar-refractivity contribution is 7.71. The van der Waals surface area contributed by atoms with E-state index in [1.165, 1.54) is 0 Å². The Morgan fingerprint density at radius 1 is 1.33 bits per heavy atom. The van der Waals surface area contributed by atoms with E-state index in [1.807, 2.05) is 42.8 Å². The van der Waals surface area contributed by atoms with Gasteiger partial charge in [0.25, 0.3) is 0 Å². The zero-order chi connectivity index (χ0) is 11.0. The van der Waals surface area contributed by atoms with Crippen LogP contribution in [-0.4, -0.2) is 9.55 Å². The van der Waals surface area contributed by atoms with Crippen molar-refractivity contribution in [2.75, 3.05) is 0 Å². The topological polar surface area (TPSA) is 20.7 Å². The summed E-state index contributed by atoms with van der Waals surface area (Å²) in [4.78, 5) is 3.07. The molecule has 2 rings (SSSR count). The highest BCUT2D eigenvalue weighted by atomic mass is 35.5. The van der Waals surface area contributed by atoms with Gasteiger partial charge in [-0.05, 0) is 43.8 Å². The highest BCUT2D eigenvalue weighted by Gasteiger charge is 2.04. The summed E-state index contributed by atoms with van der Waals surface area (Å²) in [6.07, 6.45) is 1.94. The number of rotatable bonds is 1. The standard InChI is InChI=1S/C11H11ClN2S/c1-7-3-4-10(9(12)5-7)14-6-8(2)13-11(14)15/h3-6H,1-2H3,(H,13,15). The summed E-state index contributed by atoms with van der Waals surface area (Å²) in [5, 5.41) is 0.713. The zero-order valence-corrected chi connectivity index (χ0v) is 10.1. The Morgan fingerprint density at radius 3 is 2.60 bits per heavy atom. The summed E-state index contributed by atoms with van der Waals surface area (Å²) in [6.45, 7) is 3.98. The first-order chi connectivity index (χ1) is 7.08. The quantitative estimate of drug-likeness (QED) is 0.750. The van der Waals surface area contributed by atoms with Crippen molar-refractivity contribution in [1.29, 1.82) is 0 Å². The number of H-pyrrole nitrogens is 1. The normalized spacial score (nSPS) is 10.6. The molecule has 0 atom stereocenters. The van der Waals surface area contributed by atoms with E-state index in [9.17, 15) is 0 Å². The van der Waals surface area contributed by atoms with E-state index in [1.54, 1.807) is 0 Å². The largest absolute Gasteiger partial charge is 0.335 e.